The zero-order valence-electron chi connectivity index (χ0n) is 21.5. The van der Waals surface area contributed by atoms with Crippen LogP contribution in [0.1, 0.15) is 70.2 Å². The second kappa shape index (κ2) is 9.13. The Kier molecular flexibility index (Phi) is 6.28. The Bertz CT molecular complexity index is 1490. The summed E-state index contributed by atoms with van der Waals surface area (Å²) in [5.41, 5.74) is 9.78. The summed E-state index contributed by atoms with van der Waals surface area (Å²) >= 11 is -2.44. The molecular formula is C34H32Cl2Ti. The quantitative estimate of drug-likeness (QED) is 0.327. The third-order valence-electron chi connectivity index (χ3n) is 10.2. The van der Waals surface area contributed by atoms with Gasteiger partial charge in [0, 0.05) is 0 Å². The molecule has 3 heteroatoms. The van der Waals surface area contributed by atoms with Gasteiger partial charge in [-0.1, -0.05) is 0 Å². The topological polar surface area (TPSA) is 0 Å². The average Bonchev–Trinajstić information content (AvgIpc) is 3.20. The van der Waals surface area contributed by atoms with E-state index in [1.165, 1.54) is 58.4 Å². The first-order valence-corrected chi connectivity index (χ1v) is 17.2. The van der Waals surface area contributed by atoms with E-state index in [2.05, 4.69) is 98.8 Å². The van der Waals surface area contributed by atoms with E-state index in [0.717, 1.165) is 8.45 Å². The van der Waals surface area contributed by atoms with E-state index in [1.54, 1.807) is 22.3 Å². The minimum Gasteiger partial charge on any atom is -1.00 e. The normalized spacial score (nSPS) is 27.2. The van der Waals surface area contributed by atoms with Gasteiger partial charge in [0.05, 0.1) is 0 Å². The van der Waals surface area contributed by atoms with Gasteiger partial charge < -0.3 is 24.8 Å². The number of fused-ring (bicyclic) bond motifs is 7. The Morgan fingerprint density at radius 2 is 1.00 bits per heavy atom. The van der Waals surface area contributed by atoms with Crippen LogP contribution in [0.4, 0.5) is 0 Å². The molecule has 4 aromatic carbocycles. The maximum absolute atomic E-state index is 2.59. The summed E-state index contributed by atoms with van der Waals surface area (Å²) in [6.07, 6.45) is 11.1. The summed E-state index contributed by atoms with van der Waals surface area (Å²) in [5, 5.41) is 5.69. The largest absolute Gasteiger partial charge is 1.00 e. The Morgan fingerprint density at radius 1 is 0.568 bits per heavy atom. The van der Waals surface area contributed by atoms with Gasteiger partial charge in [0.25, 0.3) is 0 Å². The fourth-order valence-corrected chi connectivity index (χ4v) is 23.3. The Balaban J connectivity index is 0.00000126. The first-order chi connectivity index (χ1) is 17.2. The Hall–Kier alpha value is -1.83. The molecule has 2 fully saturated rings. The molecule has 4 aliphatic rings. The maximum Gasteiger partial charge on any atom is -1.00 e. The molecule has 1 saturated heterocycles. The van der Waals surface area contributed by atoms with E-state index in [9.17, 15) is 0 Å². The summed E-state index contributed by atoms with van der Waals surface area (Å²) in [7, 11) is 0. The number of allylic oxidation sites excluding steroid dienone is 2. The summed E-state index contributed by atoms with van der Waals surface area (Å²) in [5.74, 6) is 0. The Labute approximate surface area is 236 Å². The van der Waals surface area contributed by atoms with Gasteiger partial charge in [-0.15, -0.1) is 0 Å². The average molecular weight is 559 g/mol. The van der Waals surface area contributed by atoms with E-state index in [0.29, 0.717) is 8.45 Å². The second-order valence-corrected chi connectivity index (χ2v) is 19.0. The molecule has 1 heterocycles. The molecule has 1 saturated carbocycles. The van der Waals surface area contributed by atoms with Crippen molar-refractivity contribution in [3.8, 4) is 0 Å². The van der Waals surface area contributed by atoms with Crippen molar-refractivity contribution in [2.45, 2.75) is 56.4 Å². The van der Waals surface area contributed by atoms with Crippen LogP contribution in [0, 0.1) is 0 Å². The van der Waals surface area contributed by atoms with Crippen LogP contribution in [-0.4, -0.2) is 0 Å². The maximum atomic E-state index is 2.59. The molecule has 4 aromatic rings. The first-order valence-electron chi connectivity index (χ1n) is 13.6. The van der Waals surface area contributed by atoms with Crippen LogP contribution in [0.3, 0.4) is 0 Å². The fourth-order valence-electron chi connectivity index (χ4n) is 9.13. The van der Waals surface area contributed by atoms with Crippen molar-refractivity contribution in [1.82, 2.24) is 0 Å². The van der Waals surface area contributed by atoms with Gasteiger partial charge in [0.15, 0.2) is 0 Å². The van der Waals surface area contributed by atoms with Crippen LogP contribution in [0.5, 0.6) is 0 Å². The van der Waals surface area contributed by atoms with Crippen molar-refractivity contribution < 1.29 is 41.4 Å². The van der Waals surface area contributed by atoms with Crippen molar-refractivity contribution in [3.63, 3.8) is 0 Å². The molecule has 0 bridgehead atoms. The molecule has 4 atom stereocenters. The van der Waals surface area contributed by atoms with Crippen molar-refractivity contribution in [2.75, 3.05) is 0 Å². The number of rotatable bonds is 2. The molecule has 8 rings (SSSR count). The van der Waals surface area contributed by atoms with E-state index >= 15 is 0 Å². The summed E-state index contributed by atoms with van der Waals surface area (Å²) < 4.78 is 3.49. The van der Waals surface area contributed by atoms with Gasteiger partial charge >= 0.3 is 213 Å². The third kappa shape index (κ3) is 3.32. The summed E-state index contributed by atoms with van der Waals surface area (Å²) in [6, 6.07) is 27.9. The van der Waals surface area contributed by atoms with E-state index in [-0.39, 0.29) is 24.8 Å². The van der Waals surface area contributed by atoms with Gasteiger partial charge in [-0.3, -0.25) is 0 Å². The van der Waals surface area contributed by atoms with Gasteiger partial charge in [-0.2, -0.15) is 0 Å². The standard InChI is InChI=1S/2C14H11.C6H10.2ClH.Ti/c2*1-10-8-12-7-6-11-4-2-3-5-13(11)14(12)9-10;1-2-4-6-5-3-1;;;/h2*2-9H,1H3;1-2H,3-6H2;2*1H;/q;;;;;+2/p-2. The molecule has 0 radical (unpaired) electrons. The number of halogens is 2. The summed E-state index contributed by atoms with van der Waals surface area (Å²) in [6.45, 7) is 4.96. The fraction of sp³-hybridized carbons (Fsp3) is 0.294. The molecular weight excluding hydrogens is 527 g/mol. The predicted molar refractivity (Wildman–Crippen MR) is 147 cm³/mol. The van der Waals surface area contributed by atoms with Gasteiger partial charge in [-0.25, -0.2) is 0 Å². The second-order valence-electron chi connectivity index (χ2n) is 11.7. The minimum absolute atomic E-state index is 0. The van der Waals surface area contributed by atoms with Gasteiger partial charge in [0.2, 0.25) is 0 Å². The number of hydrogen-bond acceptors (Lipinski definition) is 0. The smallest absolute Gasteiger partial charge is 1.00 e. The summed E-state index contributed by atoms with van der Waals surface area (Å²) in [4.78, 5) is 0. The first kappa shape index (κ1) is 25.5. The SMILES string of the molecule is CC1=Cc2c(ccc3ccccc23)[CH]1[Ti+2]1([CH]2C(C)=Cc3c2ccc2ccccc32)[CH]2CCCC[CH]21.[Cl-].[Cl-]. The monoisotopic (exact) mass is 558 g/mol. The van der Waals surface area contributed by atoms with Crippen molar-refractivity contribution in [2.24, 2.45) is 0 Å². The van der Waals surface area contributed by atoms with Crippen molar-refractivity contribution >= 4 is 33.7 Å². The van der Waals surface area contributed by atoms with Gasteiger partial charge in [0.1, 0.15) is 0 Å². The van der Waals surface area contributed by atoms with E-state index < -0.39 is 16.6 Å². The van der Waals surface area contributed by atoms with Crippen molar-refractivity contribution in [3.05, 3.63) is 106 Å². The third-order valence-corrected chi connectivity index (χ3v) is 21.3. The molecule has 3 aliphatic carbocycles. The number of hydrogen-bond donors (Lipinski definition) is 0. The van der Waals surface area contributed by atoms with Crippen LogP contribution < -0.4 is 24.8 Å². The van der Waals surface area contributed by atoms with Crippen LogP contribution >= 0.6 is 0 Å². The molecule has 1 aliphatic heterocycles. The molecule has 37 heavy (non-hydrogen) atoms. The molecule has 4 unspecified atom stereocenters. The van der Waals surface area contributed by atoms with E-state index in [4.69, 9.17) is 0 Å². The van der Waals surface area contributed by atoms with Crippen LogP contribution in [0.25, 0.3) is 33.7 Å². The molecule has 0 spiro atoms. The zero-order chi connectivity index (χ0) is 23.3. The van der Waals surface area contributed by atoms with E-state index in [1.807, 2.05) is 0 Å². The predicted octanol–water partition coefficient (Wildman–Crippen LogP) is 3.94. The molecule has 0 amide bonds. The molecule has 186 valence electrons. The van der Waals surface area contributed by atoms with Crippen LogP contribution in [-0.2, 0) is 16.6 Å². The Morgan fingerprint density at radius 3 is 1.46 bits per heavy atom. The zero-order valence-corrected chi connectivity index (χ0v) is 24.6. The molecule has 0 N–H and O–H groups in total. The van der Waals surface area contributed by atoms with Crippen molar-refractivity contribution in [1.29, 1.82) is 0 Å². The number of benzene rings is 4. The van der Waals surface area contributed by atoms with Crippen LogP contribution in [0.2, 0.25) is 8.45 Å². The molecule has 0 nitrogen and oxygen atoms in total. The molecule has 0 aromatic heterocycles. The van der Waals surface area contributed by atoms with Gasteiger partial charge in [-0.05, 0) is 0 Å². The minimum atomic E-state index is -2.44. The van der Waals surface area contributed by atoms with Crippen LogP contribution in [0.15, 0.2) is 83.9 Å².